The second-order valence-electron chi connectivity index (χ2n) is 2.82. The van der Waals surface area contributed by atoms with Crippen molar-refractivity contribution in [2.24, 2.45) is 5.73 Å². The summed E-state index contributed by atoms with van der Waals surface area (Å²) in [6, 6.07) is 0. The van der Waals surface area contributed by atoms with Gasteiger partial charge < -0.3 is 15.0 Å². The Labute approximate surface area is 77.3 Å². The highest BCUT2D eigenvalue weighted by Crippen LogP contribution is 2.10. The molecule has 0 aliphatic carbocycles. The summed E-state index contributed by atoms with van der Waals surface area (Å²) >= 11 is 0. The van der Waals surface area contributed by atoms with Crippen molar-refractivity contribution in [3.05, 3.63) is 11.7 Å². The van der Waals surface area contributed by atoms with E-state index in [1.54, 1.807) is 0 Å². The van der Waals surface area contributed by atoms with E-state index in [1.165, 1.54) is 0 Å². The molecule has 0 bridgehead atoms. The zero-order valence-corrected chi connectivity index (χ0v) is 7.99. The highest BCUT2D eigenvalue weighted by Gasteiger charge is 2.11. The van der Waals surface area contributed by atoms with E-state index >= 15 is 0 Å². The van der Waals surface area contributed by atoms with Crippen molar-refractivity contribution in [3.63, 3.8) is 0 Å². The number of hydrogen-bond donors (Lipinski definition) is 1. The Hall–Kier alpha value is -0.940. The summed E-state index contributed by atoms with van der Waals surface area (Å²) < 4.78 is 10.1. The first kappa shape index (κ1) is 10.1. The van der Waals surface area contributed by atoms with Crippen molar-refractivity contribution in [3.8, 4) is 0 Å². The lowest BCUT2D eigenvalue weighted by atomic mass is 10.2. The van der Waals surface area contributed by atoms with E-state index in [9.17, 15) is 0 Å². The minimum atomic E-state index is 0.114. The molecule has 74 valence electrons. The van der Waals surface area contributed by atoms with Gasteiger partial charge in [0.1, 0.15) is 6.61 Å². The number of nitrogens with zero attached hydrogens (tertiary/aromatic N) is 2. The van der Waals surface area contributed by atoms with Crippen LogP contribution in [0.25, 0.3) is 0 Å². The highest BCUT2D eigenvalue weighted by molar-refractivity contribution is 4.91. The molecule has 0 aliphatic heterocycles. The number of aromatic nitrogens is 2. The molecule has 0 aromatic carbocycles. The van der Waals surface area contributed by atoms with Gasteiger partial charge in [-0.2, -0.15) is 4.98 Å². The molecule has 1 heterocycles. The van der Waals surface area contributed by atoms with E-state index in [4.69, 9.17) is 15.0 Å². The number of hydrogen-bond acceptors (Lipinski definition) is 5. The Balaban J connectivity index is 2.53. The van der Waals surface area contributed by atoms with Crippen molar-refractivity contribution in [2.75, 3.05) is 13.2 Å². The predicted molar refractivity (Wildman–Crippen MR) is 47.1 cm³/mol. The Morgan fingerprint density at radius 1 is 1.62 bits per heavy atom. The zero-order chi connectivity index (χ0) is 9.68. The van der Waals surface area contributed by atoms with Crippen LogP contribution in [0.1, 0.15) is 31.5 Å². The summed E-state index contributed by atoms with van der Waals surface area (Å²) in [5, 5.41) is 3.76. The largest absolute Gasteiger partial charge is 0.374 e. The third-order valence-corrected chi connectivity index (χ3v) is 1.69. The third kappa shape index (κ3) is 2.78. The molecule has 5 heteroatoms. The average molecular weight is 185 g/mol. The fraction of sp³-hybridized carbons (Fsp3) is 0.750. The standard InChI is InChI=1S/C8H15N3O2/c1-3-12-5-7-10-8(13-11-7)6(2)4-9/h6H,3-5,9H2,1-2H3. The van der Waals surface area contributed by atoms with Crippen LogP contribution in [0.5, 0.6) is 0 Å². The maximum atomic E-state index is 5.45. The molecule has 0 aliphatic rings. The molecular formula is C8H15N3O2. The van der Waals surface area contributed by atoms with Crippen LogP contribution in [0.4, 0.5) is 0 Å². The Morgan fingerprint density at radius 3 is 3.00 bits per heavy atom. The Morgan fingerprint density at radius 2 is 2.38 bits per heavy atom. The average Bonchev–Trinajstić information content (AvgIpc) is 2.62. The van der Waals surface area contributed by atoms with Gasteiger partial charge in [0.2, 0.25) is 5.89 Å². The lowest BCUT2D eigenvalue weighted by Gasteiger charge is -1.98. The lowest BCUT2D eigenvalue weighted by molar-refractivity contribution is 0.126. The first-order valence-corrected chi connectivity index (χ1v) is 4.38. The van der Waals surface area contributed by atoms with Gasteiger partial charge in [-0.25, -0.2) is 0 Å². The molecule has 1 unspecified atom stereocenters. The molecule has 5 nitrogen and oxygen atoms in total. The SMILES string of the molecule is CCOCc1noc(C(C)CN)n1. The van der Waals surface area contributed by atoms with Crippen LogP contribution < -0.4 is 5.73 Å². The van der Waals surface area contributed by atoms with Gasteiger partial charge in [0.25, 0.3) is 0 Å². The second-order valence-corrected chi connectivity index (χ2v) is 2.82. The number of ether oxygens (including phenoxy) is 1. The first-order valence-electron chi connectivity index (χ1n) is 4.38. The molecule has 1 atom stereocenters. The van der Waals surface area contributed by atoms with Crippen LogP contribution in [0.2, 0.25) is 0 Å². The minimum absolute atomic E-state index is 0.114. The van der Waals surface area contributed by atoms with Crippen molar-refractivity contribution in [1.29, 1.82) is 0 Å². The maximum absolute atomic E-state index is 5.45. The van der Waals surface area contributed by atoms with Crippen LogP contribution in [0.15, 0.2) is 4.52 Å². The number of nitrogens with two attached hydrogens (primary N) is 1. The van der Waals surface area contributed by atoms with Crippen molar-refractivity contribution in [2.45, 2.75) is 26.4 Å². The minimum Gasteiger partial charge on any atom is -0.374 e. The first-order chi connectivity index (χ1) is 6.27. The van der Waals surface area contributed by atoms with Gasteiger partial charge in [-0.05, 0) is 6.92 Å². The number of rotatable bonds is 5. The summed E-state index contributed by atoms with van der Waals surface area (Å²) in [4.78, 5) is 4.14. The van der Waals surface area contributed by atoms with Crippen molar-refractivity contribution < 1.29 is 9.26 Å². The topological polar surface area (TPSA) is 74.2 Å². The fourth-order valence-electron chi connectivity index (χ4n) is 0.820. The quantitative estimate of drug-likeness (QED) is 0.729. The molecule has 0 radical (unpaired) electrons. The monoisotopic (exact) mass is 185 g/mol. The summed E-state index contributed by atoms with van der Waals surface area (Å²) in [5.41, 5.74) is 5.45. The Kier molecular flexibility index (Phi) is 3.85. The molecule has 0 fully saturated rings. The smallest absolute Gasteiger partial charge is 0.230 e. The van der Waals surface area contributed by atoms with Crippen LogP contribution in [0, 0.1) is 0 Å². The summed E-state index contributed by atoms with van der Waals surface area (Å²) in [6.07, 6.45) is 0. The zero-order valence-electron chi connectivity index (χ0n) is 7.99. The Bertz CT molecular complexity index is 249. The van der Waals surface area contributed by atoms with Gasteiger partial charge in [-0.15, -0.1) is 0 Å². The summed E-state index contributed by atoms with van der Waals surface area (Å²) in [6.45, 7) is 5.42. The summed E-state index contributed by atoms with van der Waals surface area (Å²) in [7, 11) is 0. The molecule has 13 heavy (non-hydrogen) atoms. The molecule has 0 saturated heterocycles. The molecule has 1 rings (SSSR count). The molecule has 0 saturated carbocycles. The van der Waals surface area contributed by atoms with Crippen LogP contribution >= 0.6 is 0 Å². The normalized spacial score (nSPS) is 13.2. The molecule has 1 aromatic heterocycles. The summed E-state index contributed by atoms with van der Waals surface area (Å²) in [5.74, 6) is 1.28. The molecule has 1 aromatic rings. The van der Waals surface area contributed by atoms with E-state index in [0.717, 1.165) is 0 Å². The molecule has 2 N–H and O–H groups in total. The van der Waals surface area contributed by atoms with Gasteiger partial charge in [0.15, 0.2) is 5.82 Å². The molecular weight excluding hydrogens is 170 g/mol. The van der Waals surface area contributed by atoms with Gasteiger partial charge in [0, 0.05) is 19.1 Å². The van der Waals surface area contributed by atoms with E-state index in [-0.39, 0.29) is 5.92 Å². The van der Waals surface area contributed by atoms with E-state index in [0.29, 0.717) is 31.5 Å². The molecule has 0 spiro atoms. The second kappa shape index (κ2) is 4.94. The van der Waals surface area contributed by atoms with Gasteiger partial charge >= 0.3 is 0 Å². The van der Waals surface area contributed by atoms with Crippen LogP contribution in [-0.4, -0.2) is 23.3 Å². The van der Waals surface area contributed by atoms with Crippen molar-refractivity contribution in [1.82, 2.24) is 10.1 Å². The van der Waals surface area contributed by atoms with Gasteiger partial charge in [-0.1, -0.05) is 12.1 Å². The maximum Gasteiger partial charge on any atom is 0.230 e. The van der Waals surface area contributed by atoms with Crippen LogP contribution in [-0.2, 0) is 11.3 Å². The molecule has 0 amide bonds. The fourth-order valence-corrected chi connectivity index (χ4v) is 0.820. The van der Waals surface area contributed by atoms with Crippen molar-refractivity contribution >= 4 is 0 Å². The third-order valence-electron chi connectivity index (χ3n) is 1.69. The predicted octanol–water partition coefficient (Wildman–Crippen LogP) is 0.668. The van der Waals surface area contributed by atoms with E-state index < -0.39 is 0 Å². The van der Waals surface area contributed by atoms with Gasteiger partial charge in [0.05, 0.1) is 0 Å². The lowest BCUT2D eigenvalue weighted by Crippen LogP contribution is -2.09. The van der Waals surface area contributed by atoms with Crippen LogP contribution in [0.3, 0.4) is 0 Å². The van der Waals surface area contributed by atoms with Gasteiger partial charge in [-0.3, -0.25) is 0 Å². The van der Waals surface area contributed by atoms with E-state index in [1.807, 2.05) is 13.8 Å². The van der Waals surface area contributed by atoms with E-state index in [2.05, 4.69) is 10.1 Å². The highest BCUT2D eigenvalue weighted by atomic mass is 16.5.